The summed E-state index contributed by atoms with van der Waals surface area (Å²) in [6, 6.07) is 6.40. The third-order valence-corrected chi connectivity index (χ3v) is 3.96. The third kappa shape index (κ3) is 4.00. The normalized spacial score (nSPS) is 20.2. The second-order valence-electron chi connectivity index (χ2n) is 4.89. The van der Waals surface area contributed by atoms with Crippen LogP contribution in [0.2, 0.25) is 0 Å². The van der Waals surface area contributed by atoms with Crippen molar-refractivity contribution >= 4 is 21.6 Å². The van der Waals surface area contributed by atoms with Crippen molar-refractivity contribution in [1.82, 2.24) is 5.32 Å². The molecule has 0 aliphatic carbocycles. The highest BCUT2D eigenvalue weighted by Crippen LogP contribution is 2.21. The van der Waals surface area contributed by atoms with Gasteiger partial charge in [-0.05, 0) is 62.9 Å². The fourth-order valence-corrected chi connectivity index (χ4v) is 2.73. The topological polar surface area (TPSA) is 24.1 Å². The highest BCUT2D eigenvalue weighted by Gasteiger charge is 2.12. The summed E-state index contributed by atoms with van der Waals surface area (Å²) in [6.45, 7) is 5.62. The average Bonchev–Trinajstić information content (AvgIpc) is 2.35. The van der Waals surface area contributed by atoms with Gasteiger partial charge in [0.25, 0.3) is 0 Å². The Hall–Kier alpha value is -0.540. The van der Waals surface area contributed by atoms with Crippen molar-refractivity contribution < 1.29 is 0 Å². The first-order valence-electron chi connectivity index (χ1n) is 6.46. The first-order valence-corrected chi connectivity index (χ1v) is 7.26. The average molecular weight is 297 g/mol. The summed E-state index contributed by atoms with van der Waals surface area (Å²) in [4.78, 5) is 0. The summed E-state index contributed by atoms with van der Waals surface area (Å²) in [5, 5.41) is 7.01. The predicted octanol–water partition coefficient (Wildman–Crippen LogP) is 3.56. The summed E-state index contributed by atoms with van der Waals surface area (Å²) in [5.74, 6) is 0.851. The molecule has 0 bridgehead atoms. The molecule has 1 saturated heterocycles. The molecule has 2 rings (SSSR count). The fourth-order valence-electron chi connectivity index (χ4n) is 2.37. The molecule has 3 heteroatoms. The van der Waals surface area contributed by atoms with Crippen molar-refractivity contribution in [2.45, 2.75) is 26.2 Å². The highest BCUT2D eigenvalue weighted by molar-refractivity contribution is 9.10. The van der Waals surface area contributed by atoms with Crippen LogP contribution in [0.5, 0.6) is 0 Å². The van der Waals surface area contributed by atoms with E-state index < -0.39 is 0 Å². The zero-order chi connectivity index (χ0) is 12.1. The van der Waals surface area contributed by atoms with E-state index in [9.17, 15) is 0 Å². The van der Waals surface area contributed by atoms with Crippen LogP contribution in [-0.4, -0.2) is 19.6 Å². The van der Waals surface area contributed by atoms with Gasteiger partial charge < -0.3 is 10.6 Å². The summed E-state index contributed by atoms with van der Waals surface area (Å²) in [7, 11) is 0. The van der Waals surface area contributed by atoms with Gasteiger partial charge in [0, 0.05) is 16.7 Å². The second-order valence-corrected chi connectivity index (χ2v) is 5.80. The number of nitrogens with one attached hydrogen (secondary N) is 2. The number of benzene rings is 1. The Labute approximate surface area is 112 Å². The first kappa shape index (κ1) is 12.9. The van der Waals surface area contributed by atoms with E-state index in [1.165, 1.54) is 43.6 Å². The Kier molecular flexibility index (Phi) is 4.86. The highest BCUT2D eigenvalue weighted by atomic mass is 79.9. The largest absolute Gasteiger partial charge is 0.385 e. The molecule has 1 aromatic carbocycles. The van der Waals surface area contributed by atoms with E-state index in [0.29, 0.717) is 0 Å². The van der Waals surface area contributed by atoms with Crippen LogP contribution < -0.4 is 10.6 Å². The Morgan fingerprint density at radius 2 is 2.35 bits per heavy atom. The number of piperidine rings is 1. The molecule has 2 nitrogen and oxygen atoms in total. The van der Waals surface area contributed by atoms with E-state index in [-0.39, 0.29) is 0 Å². The molecule has 17 heavy (non-hydrogen) atoms. The van der Waals surface area contributed by atoms with E-state index in [1.54, 1.807) is 0 Å². The monoisotopic (exact) mass is 296 g/mol. The minimum Gasteiger partial charge on any atom is -0.385 e. The number of halogens is 1. The summed E-state index contributed by atoms with van der Waals surface area (Å²) in [6.07, 6.45) is 3.98. The molecule has 0 radical (unpaired) electrons. The van der Waals surface area contributed by atoms with E-state index in [2.05, 4.69) is 51.7 Å². The Morgan fingerprint density at radius 1 is 1.47 bits per heavy atom. The van der Waals surface area contributed by atoms with Gasteiger partial charge in [-0.3, -0.25) is 0 Å². The summed E-state index contributed by atoms with van der Waals surface area (Å²) in [5.41, 5.74) is 2.57. The molecule has 1 aliphatic rings. The number of anilines is 1. The summed E-state index contributed by atoms with van der Waals surface area (Å²) < 4.78 is 1.14. The van der Waals surface area contributed by atoms with Crippen LogP contribution in [-0.2, 0) is 0 Å². The molecule has 1 heterocycles. The molecule has 0 aromatic heterocycles. The number of hydrogen-bond acceptors (Lipinski definition) is 2. The molecule has 1 aromatic rings. The standard InChI is InChI=1S/C14H21BrN2/c1-11-4-5-13(15)9-14(11)17-8-6-12-3-2-7-16-10-12/h4-5,9,12,16-17H,2-3,6-8,10H2,1H3. The van der Waals surface area contributed by atoms with Crippen LogP contribution in [0.3, 0.4) is 0 Å². The van der Waals surface area contributed by atoms with Crippen molar-refractivity contribution in [3.05, 3.63) is 28.2 Å². The number of rotatable bonds is 4. The lowest BCUT2D eigenvalue weighted by Gasteiger charge is -2.23. The minimum atomic E-state index is 0.851. The zero-order valence-corrected chi connectivity index (χ0v) is 12.0. The van der Waals surface area contributed by atoms with Gasteiger partial charge >= 0.3 is 0 Å². The Morgan fingerprint density at radius 3 is 3.12 bits per heavy atom. The van der Waals surface area contributed by atoms with Crippen LogP contribution in [0, 0.1) is 12.8 Å². The molecule has 0 amide bonds. The maximum atomic E-state index is 3.54. The van der Waals surface area contributed by atoms with Crippen molar-refractivity contribution in [2.24, 2.45) is 5.92 Å². The van der Waals surface area contributed by atoms with Crippen LogP contribution in [0.15, 0.2) is 22.7 Å². The van der Waals surface area contributed by atoms with Gasteiger partial charge in [-0.15, -0.1) is 0 Å². The van der Waals surface area contributed by atoms with E-state index in [1.807, 2.05) is 0 Å². The zero-order valence-electron chi connectivity index (χ0n) is 10.4. The molecule has 0 saturated carbocycles. The molecule has 2 N–H and O–H groups in total. The predicted molar refractivity (Wildman–Crippen MR) is 77.6 cm³/mol. The fraction of sp³-hybridized carbons (Fsp3) is 0.571. The molecule has 1 atom stereocenters. The van der Waals surface area contributed by atoms with Gasteiger partial charge in [-0.2, -0.15) is 0 Å². The van der Waals surface area contributed by atoms with Crippen LogP contribution >= 0.6 is 15.9 Å². The van der Waals surface area contributed by atoms with Gasteiger partial charge in [-0.25, -0.2) is 0 Å². The van der Waals surface area contributed by atoms with Crippen LogP contribution in [0.25, 0.3) is 0 Å². The van der Waals surface area contributed by atoms with Crippen LogP contribution in [0.4, 0.5) is 5.69 Å². The van der Waals surface area contributed by atoms with Gasteiger partial charge in [0.2, 0.25) is 0 Å². The maximum absolute atomic E-state index is 3.54. The van der Waals surface area contributed by atoms with Crippen molar-refractivity contribution in [1.29, 1.82) is 0 Å². The Bertz CT molecular complexity index is 359. The van der Waals surface area contributed by atoms with Gasteiger partial charge in [0.15, 0.2) is 0 Å². The minimum absolute atomic E-state index is 0.851. The van der Waals surface area contributed by atoms with Gasteiger partial charge in [-0.1, -0.05) is 22.0 Å². The lowest BCUT2D eigenvalue weighted by molar-refractivity contribution is 0.364. The number of aryl methyl sites for hydroxylation is 1. The smallest absolute Gasteiger partial charge is 0.0381 e. The Balaban J connectivity index is 1.79. The first-order chi connectivity index (χ1) is 8.25. The van der Waals surface area contributed by atoms with Crippen LogP contribution in [0.1, 0.15) is 24.8 Å². The molecule has 0 spiro atoms. The van der Waals surface area contributed by atoms with Crippen molar-refractivity contribution in [3.8, 4) is 0 Å². The van der Waals surface area contributed by atoms with E-state index in [4.69, 9.17) is 0 Å². The van der Waals surface area contributed by atoms with E-state index >= 15 is 0 Å². The van der Waals surface area contributed by atoms with Gasteiger partial charge in [0.1, 0.15) is 0 Å². The van der Waals surface area contributed by atoms with Gasteiger partial charge in [0.05, 0.1) is 0 Å². The lowest BCUT2D eigenvalue weighted by Crippen LogP contribution is -2.30. The van der Waals surface area contributed by atoms with E-state index in [0.717, 1.165) is 16.9 Å². The molecule has 1 aliphatic heterocycles. The van der Waals surface area contributed by atoms with Crippen molar-refractivity contribution in [2.75, 3.05) is 25.0 Å². The molecule has 1 unspecified atom stereocenters. The molecule has 1 fully saturated rings. The van der Waals surface area contributed by atoms with Crippen molar-refractivity contribution in [3.63, 3.8) is 0 Å². The SMILES string of the molecule is Cc1ccc(Br)cc1NCCC1CCCNC1. The maximum Gasteiger partial charge on any atom is 0.0381 e. The second kappa shape index (κ2) is 6.41. The molecule has 94 valence electrons. The molecular formula is C14H21BrN2. The lowest BCUT2D eigenvalue weighted by atomic mass is 9.96. The molecular weight excluding hydrogens is 276 g/mol. The number of hydrogen-bond donors (Lipinski definition) is 2. The quantitative estimate of drug-likeness (QED) is 0.888. The third-order valence-electron chi connectivity index (χ3n) is 3.47. The summed E-state index contributed by atoms with van der Waals surface area (Å²) >= 11 is 3.51.